The van der Waals surface area contributed by atoms with Crippen molar-refractivity contribution in [2.45, 2.75) is 44.9 Å². The standard InChI is InChI=1S/C9H17Cl/c1-7(8(2)10)6-9-4-3-5-9/h7-9H,3-6H2,1-2H3. The van der Waals surface area contributed by atoms with Crippen molar-refractivity contribution in [1.29, 1.82) is 0 Å². The molecular weight excluding hydrogens is 144 g/mol. The van der Waals surface area contributed by atoms with E-state index in [1.54, 1.807) is 0 Å². The zero-order chi connectivity index (χ0) is 7.56. The fourth-order valence-electron chi connectivity index (χ4n) is 1.44. The first kappa shape index (κ1) is 8.39. The molecule has 0 N–H and O–H groups in total. The summed E-state index contributed by atoms with van der Waals surface area (Å²) in [6.07, 6.45) is 5.71. The van der Waals surface area contributed by atoms with Crippen LogP contribution in [0.25, 0.3) is 0 Å². The Kier molecular flexibility index (Phi) is 3.03. The van der Waals surface area contributed by atoms with Crippen molar-refractivity contribution in [3.8, 4) is 0 Å². The molecule has 0 aromatic heterocycles. The second-order valence-electron chi connectivity index (χ2n) is 3.69. The zero-order valence-corrected chi connectivity index (χ0v) is 7.69. The first-order valence-corrected chi connectivity index (χ1v) is 4.78. The van der Waals surface area contributed by atoms with Crippen LogP contribution in [-0.4, -0.2) is 5.38 Å². The van der Waals surface area contributed by atoms with Gasteiger partial charge in [0.2, 0.25) is 0 Å². The molecule has 1 aliphatic rings. The molecule has 0 bridgehead atoms. The number of alkyl halides is 1. The van der Waals surface area contributed by atoms with Crippen molar-refractivity contribution >= 4 is 11.6 Å². The molecule has 1 heteroatoms. The molecule has 0 heterocycles. The maximum Gasteiger partial charge on any atom is 0.0333 e. The van der Waals surface area contributed by atoms with Crippen molar-refractivity contribution in [3.05, 3.63) is 0 Å². The Morgan fingerprint density at radius 2 is 2.00 bits per heavy atom. The van der Waals surface area contributed by atoms with Gasteiger partial charge in [0.05, 0.1) is 0 Å². The van der Waals surface area contributed by atoms with Crippen LogP contribution in [0, 0.1) is 11.8 Å². The van der Waals surface area contributed by atoms with Gasteiger partial charge in [0.15, 0.2) is 0 Å². The molecule has 10 heavy (non-hydrogen) atoms. The van der Waals surface area contributed by atoms with Crippen LogP contribution in [0.15, 0.2) is 0 Å². The normalized spacial score (nSPS) is 25.5. The van der Waals surface area contributed by atoms with Gasteiger partial charge < -0.3 is 0 Å². The average Bonchev–Trinajstić information content (AvgIpc) is 1.77. The molecule has 2 unspecified atom stereocenters. The van der Waals surface area contributed by atoms with Crippen LogP contribution >= 0.6 is 11.6 Å². The van der Waals surface area contributed by atoms with E-state index in [0.29, 0.717) is 11.3 Å². The lowest BCUT2D eigenvalue weighted by Crippen LogP contribution is -2.18. The summed E-state index contributed by atoms with van der Waals surface area (Å²) in [5, 5.41) is 0.362. The number of hydrogen-bond donors (Lipinski definition) is 0. The second kappa shape index (κ2) is 3.61. The van der Waals surface area contributed by atoms with E-state index in [-0.39, 0.29) is 0 Å². The molecule has 0 aromatic carbocycles. The molecule has 0 nitrogen and oxygen atoms in total. The van der Waals surface area contributed by atoms with Crippen LogP contribution in [0.3, 0.4) is 0 Å². The predicted octanol–water partition coefficient (Wildman–Crippen LogP) is 3.44. The fourth-order valence-corrected chi connectivity index (χ4v) is 1.54. The van der Waals surface area contributed by atoms with Crippen LogP contribution in [0.5, 0.6) is 0 Å². The van der Waals surface area contributed by atoms with Gasteiger partial charge in [-0.05, 0) is 25.2 Å². The van der Waals surface area contributed by atoms with Crippen LogP contribution in [0.4, 0.5) is 0 Å². The van der Waals surface area contributed by atoms with Gasteiger partial charge in [0, 0.05) is 5.38 Å². The summed E-state index contributed by atoms with van der Waals surface area (Å²) in [5.41, 5.74) is 0. The average molecular weight is 161 g/mol. The van der Waals surface area contributed by atoms with Gasteiger partial charge in [-0.1, -0.05) is 26.2 Å². The highest BCUT2D eigenvalue weighted by atomic mass is 35.5. The SMILES string of the molecule is CC(Cl)C(C)CC1CCC1. The maximum atomic E-state index is 5.95. The van der Waals surface area contributed by atoms with E-state index in [1.807, 2.05) is 0 Å². The summed E-state index contributed by atoms with van der Waals surface area (Å²) >= 11 is 5.95. The monoisotopic (exact) mass is 160 g/mol. The van der Waals surface area contributed by atoms with Gasteiger partial charge in [-0.2, -0.15) is 0 Å². The van der Waals surface area contributed by atoms with Crippen molar-refractivity contribution in [1.82, 2.24) is 0 Å². The van der Waals surface area contributed by atoms with Crippen LogP contribution < -0.4 is 0 Å². The molecule has 0 spiro atoms. The summed E-state index contributed by atoms with van der Waals surface area (Å²) in [7, 11) is 0. The Balaban J connectivity index is 2.10. The van der Waals surface area contributed by atoms with Gasteiger partial charge in [0.1, 0.15) is 0 Å². The fraction of sp³-hybridized carbons (Fsp3) is 1.00. The van der Waals surface area contributed by atoms with E-state index in [9.17, 15) is 0 Å². The van der Waals surface area contributed by atoms with E-state index in [0.717, 1.165) is 5.92 Å². The quantitative estimate of drug-likeness (QED) is 0.555. The van der Waals surface area contributed by atoms with Gasteiger partial charge in [-0.3, -0.25) is 0 Å². The maximum absolute atomic E-state index is 5.95. The van der Waals surface area contributed by atoms with Crippen molar-refractivity contribution < 1.29 is 0 Å². The minimum atomic E-state index is 0.362. The molecule has 60 valence electrons. The molecular formula is C9H17Cl. The van der Waals surface area contributed by atoms with Gasteiger partial charge in [0.25, 0.3) is 0 Å². The molecule has 0 aromatic rings. The van der Waals surface area contributed by atoms with Gasteiger partial charge >= 0.3 is 0 Å². The smallest absolute Gasteiger partial charge is 0.0333 e. The molecule has 0 saturated heterocycles. The minimum absolute atomic E-state index is 0.362. The summed E-state index contributed by atoms with van der Waals surface area (Å²) < 4.78 is 0. The second-order valence-corrected chi connectivity index (χ2v) is 4.38. The molecule has 0 radical (unpaired) electrons. The highest BCUT2D eigenvalue weighted by molar-refractivity contribution is 6.20. The first-order chi connectivity index (χ1) is 4.70. The molecule has 1 fully saturated rings. The lowest BCUT2D eigenvalue weighted by atomic mass is 9.79. The third-order valence-electron chi connectivity index (χ3n) is 2.71. The predicted molar refractivity (Wildman–Crippen MR) is 46.4 cm³/mol. The number of hydrogen-bond acceptors (Lipinski definition) is 0. The summed E-state index contributed by atoms with van der Waals surface area (Å²) in [5.74, 6) is 1.73. The third kappa shape index (κ3) is 2.16. The molecule has 0 aliphatic heterocycles. The van der Waals surface area contributed by atoms with E-state index in [4.69, 9.17) is 11.6 Å². The van der Waals surface area contributed by atoms with Crippen molar-refractivity contribution in [3.63, 3.8) is 0 Å². The highest BCUT2D eigenvalue weighted by Crippen LogP contribution is 2.33. The van der Waals surface area contributed by atoms with E-state index < -0.39 is 0 Å². The highest BCUT2D eigenvalue weighted by Gasteiger charge is 2.21. The largest absolute Gasteiger partial charge is 0.123 e. The van der Waals surface area contributed by atoms with E-state index >= 15 is 0 Å². The van der Waals surface area contributed by atoms with Crippen molar-refractivity contribution in [2.75, 3.05) is 0 Å². The van der Waals surface area contributed by atoms with Gasteiger partial charge in [-0.25, -0.2) is 0 Å². The molecule has 1 rings (SSSR count). The molecule has 2 atom stereocenters. The number of halogens is 1. The Hall–Kier alpha value is 0.290. The summed E-state index contributed by atoms with van der Waals surface area (Å²) in [6, 6.07) is 0. The first-order valence-electron chi connectivity index (χ1n) is 4.34. The Morgan fingerprint density at radius 1 is 1.40 bits per heavy atom. The van der Waals surface area contributed by atoms with Gasteiger partial charge in [-0.15, -0.1) is 11.6 Å². The lowest BCUT2D eigenvalue weighted by Gasteiger charge is -2.28. The molecule has 1 aliphatic carbocycles. The Bertz CT molecular complexity index is 94.9. The van der Waals surface area contributed by atoms with Crippen LogP contribution in [0.2, 0.25) is 0 Å². The zero-order valence-electron chi connectivity index (χ0n) is 6.94. The topological polar surface area (TPSA) is 0 Å². The lowest BCUT2D eigenvalue weighted by molar-refractivity contribution is 0.255. The third-order valence-corrected chi connectivity index (χ3v) is 3.14. The molecule has 0 amide bonds. The van der Waals surface area contributed by atoms with Crippen LogP contribution in [0.1, 0.15) is 39.5 Å². The Morgan fingerprint density at radius 3 is 2.30 bits per heavy atom. The van der Waals surface area contributed by atoms with E-state index in [2.05, 4.69) is 13.8 Å². The summed E-state index contributed by atoms with van der Waals surface area (Å²) in [4.78, 5) is 0. The van der Waals surface area contributed by atoms with E-state index in [1.165, 1.54) is 25.7 Å². The van der Waals surface area contributed by atoms with Crippen molar-refractivity contribution in [2.24, 2.45) is 11.8 Å². The summed E-state index contributed by atoms with van der Waals surface area (Å²) in [6.45, 7) is 4.36. The van der Waals surface area contributed by atoms with Crippen LogP contribution in [-0.2, 0) is 0 Å². The number of rotatable bonds is 3. The Labute approximate surface area is 69.0 Å². The molecule has 1 saturated carbocycles. The minimum Gasteiger partial charge on any atom is -0.123 e.